The van der Waals surface area contributed by atoms with E-state index in [-0.39, 0.29) is 10.8 Å². The normalized spacial score (nSPS) is 11.4. The van der Waals surface area contributed by atoms with Crippen LogP contribution in [0.25, 0.3) is 66.1 Å². The van der Waals surface area contributed by atoms with Crippen molar-refractivity contribution in [1.29, 1.82) is 0 Å². The van der Waals surface area contributed by atoms with Crippen molar-refractivity contribution in [1.82, 2.24) is 9.13 Å². The standard InChI is InChI=1S/C25H26Br3N.C25H28BrN.C23H22BrNO.C19H13Br2N.C19H23Br/c1-15-7-9-19(10-8-15)29(20-13-21(26)23(28)22(27)14-20)24-16(2)11-18(12-17(24)3)25(4,5)6;1-17-7-11-22(12-8-17)27(23-13-9-21(26)10-14-23)24-18(2)15-20(16-19(24)3)25(4,5)6;1-3-4-13-26-19-9-7-18(8-10-19)25-22-11-5-16(2)14-20(22)21-15-17(24)6-12-23(21)25;1-12-7-8-14-15-10-16(20)17(21)11-19(15)22(18(14)9-12)13-5-3-2-4-6-13;1-3-4-5-6-7-18-14-17(12-13-19(18)20)16-10-8-15(2)9-11-16/h7-14H,1-6H3;7-16H,1-6H3;5-12,14-15H,3-4,13H2,1-2H3;2-11H,1H3;8-14H,3-7H2,1-2H3. The number of anilines is 6. The molecule has 2 heterocycles. The van der Waals surface area contributed by atoms with E-state index in [1.165, 1.54) is 181 Å². The predicted octanol–water partition coefficient (Wildman–Crippen LogP) is 38.0. The first kappa shape index (κ1) is 95.0. The molecule has 0 amide bonds. The molecule has 0 atom stereocenters. The van der Waals surface area contributed by atoms with E-state index < -0.39 is 0 Å². The fourth-order valence-corrected chi connectivity index (χ4v) is 18.9. The van der Waals surface area contributed by atoms with Crippen molar-refractivity contribution in [3.8, 4) is 28.3 Å². The SMILES string of the molecule is CCCCCCc1cc(-c2ccc(C)cc2)ccc1Br.CCCCOc1ccc(-n2c3ccc(C)cc3c3cc(Br)ccc32)cc1.Cc1ccc(N(c2cc(Br)c(Br)c(Br)c2)c2c(C)cc(C(C)(C)C)cc2C)cc1.Cc1ccc(N(c2ccc(Br)cc2)c2c(C)cc(C(C)(C)C)cc2C)cc1.Cc1ccc2c3cc(Br)c(Br)cc3n(-c3ccccc3)c2c1. The molecule has 0 unspecified atom stereocenters. The van der Waals surface area contributed by atoms with Gasteiger partial charge >= 0.3 is 0 Å². The van der Waals surface area contributed by atoms with Gasteiger partial charge in [0.15, 0.2) is 0 Å². The molecule has 2 aromatic heterocycles. The van der Waals surface area contributed by atoms with Gasteiger partial charge in [-0.1, -0.05) is 272 Å². The number of aryl methyl sites for hydroxylation is 10. The Balaban J connectivity index is 0.000000142. The number of hydrogen-bond acceptors (Lipinski definition) is 3. The maximum absolute atomic E-state index is 5.81. The molecule has 0 bridgehead atoms. The number of aromatic nitrogens is 2. The van der Waals surface area contributed by atoms with Gasteiger partial charge in [0.05, 0.1) is 40.0 Å². The molecule has 0 saturated heterocycles. The number of para-hydroxylation sites is 1. The largest absolute Gasteiger partial charge is 0.494 e. The number of fused-ring (bicyclic) bond motifs is 6. The molecule has 5 nitrogen and oxygen atoms in total. The van der Waals surface area contributed by atoms with Gasteiger partial charge in [0.2, 0.25) is 0 Å². The monoisotopic (exact) mass is 2150 g/mol. The van der Waals surface area contributed by atoms with Crippen molar-refractivity contribution in [2.24, 2.45) is 0 Å². The Bertz CT molecular complexity index is 6200. The summed E-state index contributed by atoms with van der Waals surface area (Å²) in [7, 11) is 0. The lowest BCUT2D eigenvalue weighted by atomic mass is 9.84. The number of nitrogens with zero attached hydrogens (tertiary/aromatic N) is 4. The first-order valence-corrected chi connectivity index (χ1v) is 49.1. The minimum atomic E-state index is 0.117. The van der Waals surface area contributed by atoms with Gasteiger partial charge in [0.1, 0.15) is 5.75 Å². The Hall–Kier alpha value is -8.08. The molecule has 0 N–H and O–H groups in total. The van der Waals surface area contributed by atoms with E-state index in [9.17, 15) is 0 Å². The van der Waals surface area contributed by atoms with Crippen molar-refractivity contribution in [3.05, 3.63) is 376 Å². The minimum absolute atomic E-state index is 0.117. The highest BCUT2D eigenvalue weighted by atomic mass is 79.9. The second kappa shape index (κ2) is 42.7. The zero-order chi connectivity index (χ0) is 89.0. The summed E-state index contributed by atoms with van der Waals surface area (Å²) < 4.78 is 19.1. The molecule has 0 fully saturated rings. The Morgan fingerprint density at radius 3 is 1.27 bits per heavy atom. The van der Waals surface area contributed by atoms with E-state index >= 15 is 0 Å². The molecule has 14 aromatic carbocycles. The summed E-state index contributed by atoms with van der Waals surface area (Å²) >= 11 is 29.1. The number of unbranched alkanes of at least 4 members (excludes halogenated alkanes) is 4. The van der Waals surface area contributed by atoms with Crippen LogP contribution in [0.15, 0.2) is 309 Å². The van der Waals surface area contributed by atoms with Gasteiger partial charge in [-0.2, -0.15) is 0 Å². The Kier molecular flexibility index (Phi) is 32.7. The Labute approximate surface area is 804 Å². The number of halogens is 8. The zero-order valence-corrected chi connectivity index (χ0v) is 87.0. The van der Waals surface area contributed by atoms with E-state index in [0.717, 1.165) is 79.3 Å². The molecular weight excluding hydrogens is 2040 g/mol. The lowest BCUT2D eigenvalue weighted by Crippen LogP contribution is -2.16. The first-order valence-electron chi connectivity index (χ1n) is 42.8. The molecule has 0 saturated carbocycles. The highest BCUT2D eigenvalue weighted by molar-refractivity contribution is 9.14. The van der Waals surface area contributed by atoms with Crippen LogP contribution in [-0.2, 0) is 17.3 Å². The second-order valence-corrected chi connectivity index (χ2v) is 41.5. The van der Waals surface area contributed by atoms with E-state index in [4.69, 9.17) is 4.74 Å². The van der Waals surface area contributed by atoms with Gasteiger partial charge < -0.3 is 23.7 Å². The average Bonchev–Trinajstić information content (AvgIpc) is 1.58. The summed E-state index contributed by atoms with van der Waals surface area (Å²) in [5, 5.41) is 5.08. The molecule has 16 rings (SSSR count). The Morgan fingerprint density at radius 1 is 0.306 bits per heavy atom. The van der Waals surface area contributed by atoms with Crippen LogP contribution in [0.2, 0.25) is 0 Å². The topological polar surface area (TPSA) is 25.6 Å². The van der Waals surface area contributed by atoms with Crippen molar-refractivity contribution >= 4 is 205 Å². The molecule has 0 aliphatic heterocycles. The number of rotatable bonds is 18. The van der Waals surface area contributed by atoms with Crippen molar-refractivity contribution in [2.75, 3.05) is 16.4 Å². The van der Waals surface area contributed by atoms with Crippen LogP contribution in [0.1, 0.15) is 161 Å². The van der Waals surface area contributed by atoms with Crippen LogP contribution in [0, 0.1) is 62.3 Å². The molecular formula is C111H112Br8N4O. The zero-order valence-electron chi connectivity index (χ0n) is 74.4. The number of ether oxygens (including phenoxy) is 1. The summed E-state index contributed by atoms with van der Waals surface area (Å²) in [4.78, 5) is 4.71. The summed E-state index contributed by atoms with van der Waals surface area (Å²) in [6, 6.07) is 98.2. The molecule has 638 valence electrons. The van der Waals surface area contributed by atoms with Crippen molar-refractivity contribution < 1.29 is 4.74 Å². The summed E-state index contributed by atoms with van der Waals surface area (Å²) in [6.45, 7) is 38.3. The molecule has 0 radical (unpaired) electrons. The van der Waals surface area contributed by atoms with Crippen molar-refractivity contribution in [3.63, 3.8) is 0 Å². The van der Waals surface area contributed by atoms with Crippen LogP contribution in [-0.4, -0.2) is 15.7 Å². The third-order valence-corrected chi connectivity index (χ3v) is 29.3. The van der Waals surface area contributed by atoms with Crippen LogP contribution < -0.4 is 14.5 Å². The van der Waals surface area contributed by atoms with Crippen LogP contribution >= 0.6 is 127 Å². The summed E-state index contributed by atoms with van der Waals surface area (Å²) in [5.74, 6) is 0.932. The highest BCUT2D eigenvalue weighted by Crippen LogP contribution is 2.47. The molecule has 13 heteroatoms. The van der Waals surface area contributed by atoms with Gasteiger partial charge in [0.25, 0.3) is 0 Å². The third kappa shape index (κ3) is 23.4. The quantitative estimate of drug-likeness (QED) is 0.0632. The fraction of sp³-hybridized carbons (Fsp3) is 0.243. The fourth-order valence-electron chi connectivity index (χ4n) is 15.8. The molecule has 0 aliphatic rings. The third-order valence-electron chi connectivity index (χ3n) is 22.5. The molecule has 0 spiro atoms. The lowest BCUT2D eigenvalue weighted by molar-refractivity contribution is 0.309. The van der Waals surface area contributed by atoms with Crippen LogP contribution in [0.5, 0.6) is 5.75 Å². The molecule has 0 aliphatic carbocycles. The van der Waals surface area contributed by atoms with Crippen molar-refractivity contribution in [2.45, 2.75) is 173 Å². The first-order chi connectivity index (χ1) is 59.2. The molecule has 16 aromatic rings. The highest BCUT2D eigenvalue weighted by Gasteiger charge is 2.26. The molecule has 124 heavy (non-hydrogen) atoms. The van der Waals surface area contributed by atoms with Gasteiger partial charge in [0, 0.05) is 91.5 Å². The average molecular weight is 2160 g/mol. The van der Waals surface area contributed by atoms with E-state index in [0.29, 0.717) is 0 Å². The lowest BCUT2D eigenvalue weighted by Gasteiger charge is -2.31. The Morgan fingerprint density at radius 2 is 0.734 bits per heavy atom. The maximum atomic E-state index is 5.81. The van der Waals surface area contributed by atoms with Gasteiger partial charge in [-0.25, -0.2) is 0 Å². The maximum Gasteiger partial charge on any atom is 0.119 e. The van der Waals surface area contributed by atoms with Gasteiger partial charge in [-0.05, 0) is 379 Å². The second-order valence-electron chi connectivity index (χ2n) is 34.6. The summed E-state index contributed by atoms with van der Waals surface area (Å²) in [5.41, 5.74) is 32.8. The van der Waals surface area contributed by atoms with Gasteiger partial charge in [-0.15, -0.1) is 0 Å². The minimum Gasteiger partial charge on any atom is -0.494 e. The number of hydrogen-bond donors (Lipinski definition) is 0. The van der Waals surface area contributed by atoms with E-state index in [1.807, 2.05) is 0 Å². The van der Waals surface area contributed by atoms with Gasteiger partial charge in [-0.3, -0.25) is 0 Å². The summed E-state index contributed by atoms with van der Waals surface area (Å²) in [6.07, 6.45) is 8.65. The number of benzene rings is 14. The smallest absolute Gasteiger partial charge is 0.119 e. The van der Waals surface area contributed by atoms with E-state index in [2.05, 4.69) is 537 Å². The van der Waals surface area contributed by atoms with Crippen LogP contribution in [0.4, 0.5) is 34.1 Å². The van der Waals surface area contributed by atoms with E-state index in [1.54, 1.807) is 0 Å². The van der Waals surface area contributed by atoms with Crippen LogP contribution in [0.3, 0.4) is 0 Å². The predicted molar refractivity (Wildman–Crippen MR) is 566 cm³/mol.